The van der Waals surface area contributed by atoms with E-state index in [1.165, 1.54) is 5.56 Å². The van der Waals surface area contributed by atoms with Gasteiger partial charge in [0.25, 0.3) is 0 Å². The second-order valence-corrected chi connectivity index (χ2v) is 6.35. The molecule has 0 fully saturated rings. The van der Waals surface area contributed by atoms with E-state index in [4.69, 9.17) is 5.84 Å². The van der Waals surface area contributed by atoms with E-state index in [-0.39, 0.29) is 11.6 Å². The molecule has 0 amide bonds. The number of hydrazine groups is 1. The second kappa shape index (κ2) is 8.13. The van der Waals surface area contributed by atoms with E-state index in [1.54, 1.807) is 0 Å². The summed E-state index contributed by atoms with van der Waals surface area (Å²) < 4.78 is 1.11. The van der Waals surface area contributed by atoms with Gasteiger partial charge in [-0.25, -0.2) is 0 Å². The van der Waals surface area contributed by atoms with Gasteiger partial charge in [0, 0.05) is 16.1 Å². The number of likely N-dealkylation sites (N-methyl/N-ethyl adjacent to an activating group) is 1. The van der Waals surface area contributed by atoms with Gasteiger partial charge in [-0.3, -0.25) is 16.2 Å². The molecule has 0 aliphatic carbocycles. The SMILES string of the molecule is CCN(CC)C(C)(CC)C(Cc1ccc(Br)cc1)NN. The maximum atomic E-state index is 5.87. The first-order valence-corrected chi connectivity index (χ1v) is 8.26. The lowest BCUT2D eigenvalue weighted by Gasteiger charge is -2.45. The number of hydrogen-bond donors (Lipinski definition) is 2. The Hall–Kier alpha value is -0.420. The lowest BCUT2D eigenvalue weighted by molar-refractivity contribution is 0.0701. The Morgan fingerprint density at radius 1 is 1.20 bits per heavy atom. The van der Waals surface area contributed by atoms with Crippen LogP contribution >= 0.6 is 15.9 Å². The molecular formula is C16H28BrN3. The summed E-state index contributed by atoms with van der Waals surface area (Å²) in [6.45, 7) is 11.1. The van der Waals surface area contributed by atoms with Crippen molar-refractivity contribution in [1.29, 1.82) is 0 Å². The molecule has 0 saturated carbocycles. The van der Waals surface area contributed by atoms with E-state index in [1.807, 2.05) is 0 Å². The highest BCUT2D eigenvalue weighted by Crippen LogP contribution is 2.26. The van der Waals surface area contributed by atoms with Crippen LogP contribution in [0.5, 0.6) is 0 Å². The van der Waals surface area contributed by atoms with Crippen molar-refractivity contribution in [3.05, 3.63) is 34.3 Å². The van der Waals surface area contributed by atoms with Crippen LogP contribution in [0.2, 0.25) is 0 Å². The maximum Gasteiger partial charge on any atom is 0.0432 e. The maximum absolute atomic E-state index is 5.87. The van der Waals surface area contributed by atoms with Crippen molar-refractivity contribution in [3.63, 3.8) is 0 Å². The molecule has 0 saturated heterocycles. The molecule has 4 heteroatoms. The summed E-state index contributed by atoms with van der Waals surface area (Å²) in [6, 6.07) is 8.72. The lowest BCUT2D eigenvalue weighted by atomic mass is 9.83. The predicted octanol–water partition coefficient (Wildman–Crippen LogP) is 3.33. The molecule has 20 heavy (non-hydrogen) atoms. The summed E-state index contributed by atoms with van der Waals surface area (Å²) in [5.41, 5.74) is 4.42. The number of nitrogens with one attached hydrogen (secondary N) is 1. The quantitative estimate of drug-likeness (QED) is 0.562. The van der Waals surface area contributed by atoms with Crippen molar-refractivity contribution >= 4 is 15.9 Å². The van der Waals surface area contributed by atoms with Gasteiger partial charge in [-0.05, 0) is 50.6 Å². The standard InChI is InChI=1S/C16H28BrN3/c1-5-16(4,20(6-2)7-3)15(19-18)12-13-8-10-14(17)11-9-13/h8-11,15,19H,5-7,12,18H2,1-4H3. The third kappa shape index (κ3) is 4.04. The number of nitrogens with two attached hydrogens (primary N) is 1. The van der Waals surface area contributed by atoms with Gasteiger partial charge < -0.3 is 0 Å². The van der Waals surface area contributed by atoms with Crippen LogP contribution in [-0.4, -0.2) is 29.6 Å². The molecular weight excluding hydrogens is 314 g/mol. The van der Waals surface area contributed by atoms with Gasteiger partial charge in [-0.1, -0.05) is 48.8 Å². The van der Waals surface area contributed by atoms with E-state index in [9.17, 15) is 0 Å². The summed E-state index contributed by atoms with van der Waals surface area (Å²) in [5.74, 6) is 5.87. The summed E-state index contributed by atoms with van der Waals surface area (Å²) in [5, 5.41) is 0. The van der Waals surface area contributed by atoms with Gasteiger partial charge >= 0.3 is 0 Å². The summed E-state index contributed by atoms with van der Waals surface area (Å²) >= 11 is 3.48. The Morgan fingerprint density at radius 2 is 1.75 bits per heavy atom. The first kappa shape index (κ1) is 17.6. The highest BCUT2D eigenvalue weighted by Gasteiger charge is 2.36. The van der Waals surface area contributed by atoms with Gasteiger partial charge in [0.2, 0.25) is 0 Å². The predicted molar refractivity (Wildman–Crippen MR) is 90.6 cm³/mol. The number of hydrogen-bond acceptors (Lipinski definition) is 3. The van der Waals surface area contributed by atoms with Crippen LogP contribution < -0.4 is 11.3 Å². The number of benzene rings is 1. The van der Waals surface area contributed by atoms with Crippen molar-refractivity contribution in [2.75, 3.05) is 13.1 Å². The molecule has 0 aliphatic heterocycles. The van der Waals surface area contributed by atoms with Crippen LogP contribution in [-0.2, 0) is 6.42 Å². The average Bonchev–Trinajstić information content (AvgIpc) is 2.47. The Kier molecular flexibility index (Phi) is 7.17. The minimum Gasteiger partial charge on any atom is -0.297 e. The van der Waals surface area contributed by atoms with Gasteiger partial charge in [0.05, 0.1) is 0 Å². The fourth-order valence-electron chi connectivity index (χ4n) is 2.95. The van der Waals surface area contributed by atoms with E-state index in [0.717, 1.165) is 30.4 Å². The zero-order chi connectivity index (χ0) is 15.2. The smallest absolute Gasteiger partial charge is 0.0432 e. The van der Waals surface area contributed by atoms with Crippen LogP contribution in [0.1, 0.15) is 39.7 Å². The van der Waals surface area contributed by atoms with E-state index in [0.29, 0.717) is 0 Å². The summed E-state index contributed by atoms with van der Waals surface area (Å²) in [6.07, 6.45) is 2.00. The zero-order valence-electron chi connectivity index (χ0n) is 13.1. The Balaban J connectivity index is 2.94. The minimum absolute atomic E-state index is 0.0608. The van der Waals surface area contributed by atoms with E-state index < -0.39 is 0 Å². The molecule has 0 heterocycles. The molecule has 114 valence electrons. The van der Waals surface area contributed by atoms with Gasteiger partial charge in [-0.15, -0.1) is 0 Å². The molecule has 0 aromatic heterocycles. The third-order valence-electron chi connectivity index (χ3n) is 4.51. The Bertz CT molecular complexity index is 389. The first-order chi connectivity index (χ1) is 9.51. The van der Waals surface area contributed by atoms with Gasteiger partial charge in [0.15, 0.2) is 0 Å². The third-order valence-corrected chi connectivity index (χ3v) is 5.04. The fraction of sp³-hybridized carbons (Fsp3) is 0.625. The highest BCUT2D eigenvalue weighted by atomic mass is 79.9. The molecule has 2 unspecified atom stereocenters. The minimum atomic E-state index is 0.0608. The molecule has 1 rings (SSSR count). The number of nitrogens with zero attached hydrogens (tertiary/aromatic N) is 1. The molecule has 0 aliphatic rings. The van der Waals surface area contributed by atoms with Crippen molar-refractivity contribution in [3.8, 4) is 0 Å². The molecule has 0 radical (unpaired) electrons. The van der Waals surface area contributed by atoms with Crippen LogP contribution in [0.4, 0.5) is 0 Å². The Labute approximate surface area is 132 Å². The van der Waals surface area contributed by atoms with Crippen molar-refractivity contribution in [2.45, 2.75) is 52.1 Å². The normalized spacial score (nSPS) is 16.1. The van der Waals surface area contributed by atoms with Gasteiger partial charge in [-0.2, -0.15) is 0 Å². The molecule has 3 nitrogen and oxygen atoms in total. The Morgan fingerprint density at radius 3 is 2.15 bits per heavy atom. The largest absolute Gasteiger partial charge is 0.297 e. The first-order valence-electron chi connectivity index (χ1n) is 7.47. The fourth-order valence-corrected chi connectivity index (χ4v) is 3.22. The number of halogens is 1. The van der Waals surface area contributed by atoms with Crippen LogP contribution in [0.15, 0.2) is 28.7 Å². The highest BCUT2D eigenvalue weighted by molar-refractivity contribution is 9.10. The molecule has 2 atom stereocenters. The lowest BCUT2D eigenvalue weighted by Crippen LogP contribution is -2.61. The molecule has 0 spiro atoms. The molecule has 1 aromatic rings. The topological polar surface area (TPSA) is 41.3 Å². The van der Waals surface area contributed by atoms with Crippen molar-refractivity contribution in [1.82, 2.24) is 10.3 Å². The van der Waals surface area contributed by atoms with Crippen LogP contribution in [0.3, 0.4) is 0 Å². The van der Waals surface area contributed by atoms with E-state index >= 15 is 0 Å². The van der Waals surface area contributed by atoms with E-state index in [2.05, 4.69) is 78.2 Å². The van der Waals surface area contributed by atoms with Crippen LogP contribution in [0, 0.1) is 0 Å². The monoisotopic (exact) mass is 341 g/mol. The summed E-state index contributed by atoms with van der Waals surface area (Å²) in [4.78, 5) is 2.50. The second-order valence-electron chi connectivity index (χ2n) is 5.43. The molecule has 1 aromatic carbocycles. The van der Waals surface area contributed by atoms with Crippen LogP contribution in [0.25, 0.3) is 0 Å². The number of rotatable bonds is 8. The van der Waals surface area contributed by atoms with Crippen molar-refractivity contribution in [2.24, 2.45) is 5.84 Å². The summed E-state index contributed by atoms with van der Waals surface area (Å²) in [7, 11) is 0. The molecule has 0 bridgehead atoms. The van der Waals surface area contributed by atoms with Gasteiger partial charge in [0.1, 0.15) is 0 Å². The molecule has 3 N–H and O–H groups in total. The zero-order valence-corrected chi connectivity index (χ0v) is 14.7. The van der Waals surface area contributed by atoms with Crippen molar-refractivity contribution < 1.29 is 0 Å². The average molecular weight is 342 g/mol.